The van der Waals surface area contributed by atoms with Gasteiger partial charge in [0.15, 0.2) is 0 Å². The summed E-state index contributed by atoms with van der Waals surface area (Å²) in [5.41, 5.74) is 4.62. The largest absolute Gasteiger partial charge is 0.478 e. The van der Waals surface area contributed by atoms with Crippen LogP contribution in [0.3, 0.4) is 0 Å². The Kier molecular flexibility index (Phi) is 2.63. The minimum atomic E-state index is -0.970. The standard InChI is InChI=1S/C17H11FN2O2/c18-13-4-5-15-11(7-13)6-12-9-20(19-16(12)15)14-3-1-2-10(8-14)17(21)22/h1-5,7-9H,6H2,(H,21,22). The van der Waals surface area contributed by atoms with E-state index in [0.29, 0.717) is 12.1 Å². The van der Waals surface area contributed by atoms with Gasteiger partial charge in [0.2, 0.25) is 0 Å². The summed E-state index contributed by atoms with van der Waals surface area (Å²) in [4.78, 5) is 11.1. The second-order valence-corrected chi connectivity index (χ2v) is 5.28. The van der Waals surface area contributed by atoms with Crippen LogP contribution in [0.4, 0.5) is 4.39 Å². The van der Waals surface area contributed by atoms with Gasteiger partial charge in [-0.15, -0.1) is 0 Å². The van der Waals surface area contributed by atoms with Crippen LogP contribution in [0.5, 0.6) is 0 Å². The lowest BCUT2D eigenvalue weighted by Crippen LogP contribution is -2.00. The number of aromatic nitrogens is 2. The summed E-state index contributed by atoms with van der Waals surface area (Å²) in [5, 5.41) is 13.6. The molecule has 3 aromatic rings. The van der Waals surface area contributed by atoms with Crippen LogP contribution in [0, 0.1) is 5.82 Å². The Morgan fingerprint density at radius 1 is 1.18 bits per heavy atom. The summed E-state index contributed by atoms with van der Waals surface area (Å²) < 4.78 is 14.9. The zero-order valence-corrected chi connectivity index (χ0v) is 11.5. The first-order valence-corrected chi connectivity index (χ1v) is 6.83. The summed E-state index contributed by atoms with van der Waals surface area (Å²) in [6.45, 7) is 0. The van der Waals surface area contributed by atoms with E-state index in [1.165, 1.54) is 12.1 Å². The minimum Gasteiger partial charge on any atom is -0.478 e. The maximum atomic E-state index is 13.3. The Morgan fingerprint density at radius 3 is 2.86 bits per heavy atom. The van der Waals surface area contributed by atoms with Crippen LogP contribution in [0.25, 0.3) is 16.9 Å². The quantitative estimate of drug-likeness (QED) is 0.617. The average Bonchev–Trinajstić information content (AvgIpc) is 3.04. The molecule has 22 heavy (non-hydrogen) atoms. The molecule has 1 heterocycles. The molecule has 1 N–H and O–H groups in total. The van der Waals surface area contributed by atoms with Crippen molar-refractivity contribution in [3.8, 4) is 16.9 Å². The van der Waals surface area contributed by atoms with Gasteiger partial charge in [-0.1, -0.05) is 6.07 Å². The van der Waals surface area contributed by atoms with E-state index in [2.05, 4.69) is 5.10 Å². The second kappa shape index (κ2) is 4.53. The molecule has 1 aliphatic carbocycles. The lowest BCUT2D eigenvalue weighted by atomic mass is 10.1. The highest BCUT2D eigenvalue weighted by Gasteiger charge is 2.23. The maximum Gasteiger partial charge on any atom is 0.335 e. The van der Waals surface area contributed by atoms with Gasteiger partial charge in [0.1, 0.15) is 5.82 Å². The number of rotatable bonds is 2. The molecule has 0 amide bonds. The van der Waals surface area contributed by atoms with Crippen molar-refractivity contribution in [1.82, 2.24) is 9.78 Å². The third-order valence-corrected chi connectivity index (χ3v) is 3.85. The average molecular weight is 294 g/mol. The van der Waals surface area contributed by atoms with Gasteiger partial charge in [-0.05, 0) is 42.0 Å². The van der Waals surface area contributed by atoms with Gasteiger partial charge in [-0.25, -0.2) is 13.9 Å². The summed E-state index contributed by atoms with van der Waals surface area (Å²) in [7, 11) is 0. The molecular weight excluding hydrogens is 283 g/mol. The minimum absolute atomic E-state index is 0.218. The van der Waals surface area contributed by atoms with Crippen molar-refractivity contribution in [3.63, 3.8) is 0 Å². The number of nitrogens with zero attached hydrogens (tertiary/aromatic N) is 2. The van der Waals surface area contributed by atoms with E-state index in [0.717, 1.165) is 22.4 Å². The monoisotopic (exact) mass is 294 g/mol. The van der Waals surface area contributed by atoms with Crippen molar-refractivity contribution < 1.29 is 14.3 Å². The molecular formula is C17H11FN2O2. The van der Waals surface area contributed by atoms with Crippen molar-refractivity contribution in [2.45, 2.75) is 6.42 Å². The first-order chi connectivity index (χ1) is 10.6. The van der Waals surface area contributed by atoms with E-state index in [-0.39, 0.29) is 11.4 Å². The van der Waals surface area contributed by atoms with Crippen LogP contribution in [0.1, 0.15) is 21.5 Å². The van der Waals surface area contributed by atoms with Crippen LogP contribution in [-0.2, 0) is 6.42 Å². The molecule has 0 atom stereocenters. The molecule has 1 aliphatic rings. The highest BCUT2D eigenvalue weighted by Crippen LogP contribution is 2.36. The number of carboxylic acids is 1. The maximum absolute atomic E-state index is 13.3. The SMILES string of the molecule is O=C(O)c1cccc(-n2cc3c(n2)-c2ccc(F)cc2C3)c1. The van der Waals surface area contributed by atoms with Crippen molar-refractivity contribution in [3.05, 3.63) is 71.2 Å². The van der Waals surface area contributed by atoms with E-state index >= 15 is 0 Å². The number of halogens is 1. The van der Waals surface area contributed by atoms with E-state index < -0.39 is 5.97 Å². The smallest absolute Gasteiger partial charge is 0.335 e. The molecule has 0 unspecified atom stereocenters. The summed E-state index contributed by atoms with van der Waals surface area (Å²) in [5.74, 6) is -1.21. The topological polar surface area (TPSA) is 55.1 Å². The fraction of sp³-hybridized carbons (Fsp3) is 0.0588. The Labute approximate surface area is 125 Å². The van der Waals surface area contributed by atoms with E-state index in [1.807, 2.05) is 6.20 Å². The van der Waals surface area contributed by atoms with Gasteiger partial charge in [0.25, 0.3) is 0 Å². The Bertz CT molecular complexity index is 915. The number of aromatic carboxylic acids is 1. The molecule has 0 bridgehead atoms. The number of hydrogen-bond donors (Lipinski definition) is 1. The van der Waals surface area contributed by atoms with Crippen LogP contribution in [-0.4, -0.2) is 20.9 Å². The third kappa shape index (κ3) is 1.90. The molecule has 0 spiro atoms. The van der Waals surface area contributed by atoms with Gasteiger partial charge in [0, 0.05) is 23.7 Å². The first kappa shape index (κ1) is 12.8. The molecule has 0 saturated heterocycles. The molecule has 108 valence electrons. The molecule has 4 nitrogen and oxygen atoms in total. The van der Waals surface area contributed by atoms with Gasteiger partial charge in [-0.2, -0.15) is 5.10 Å². The molecule has 0 aliphatic heterocycles. The van der Waals surface area contributed by atoms with Crippen molar-refractivity contribution in [1.29, 1.82) is 0 Å². The summed E-state index contributed by atoms with van der Waals surface area (Å²) in [6.07, 6.45) is 2.51. The molecule has 1 aromatic heterocycles. The molecule has 0 saturated carbocycles. The fourth-order valence-corrected chi connectivity index (χ4v) is 2.82. The predicted molar refractivity (Wildman–Crippen MR) is 78.7 cm³/mol. The highest BCUT2D eigenvalue weighted by molar-refractivity contribution is 5.88. The van der Waals surface area contributed by atoms with Gasteiger partial charge >= 0.3 is 5.97 Å². The summed E-state index contributed by atoms with van der Waals surface area (Å²) in [6, 6.07) is 11.3. The number of benzene rings is 2. The number of carboxylic acid groups (broad SMARTS) is 1. The van der Waals surface area contributed by atoms with E-state index in [9.17, 15) is 9.18 Å². The van der Waals surface area contributed by atoms with Crippen molar-refractivity contribution in [2.75, 3.05) is 0 Å². The van der Waals surface area contributed by atoms with Crippen LogP contribution in [0.15, 0.2) is 48.7 Å². The fourth-order valence-electron chi connectivity index (χ4n) is 2.82. The van der Waals surface area contributed by atoms with E-state index in [4.69, 9.17) is 5.11 Å². The number of carbonyl (C=O) groups is 1. The van der Waals surface area contributed by atoms with Gasteiger partial charge < -0.3 is 5.11 Å². The molecule has 2 aromatic carbocycles. The summed E-state index contributed by atoms with van der Waals surface area (Å²) >= 11 is 0. The number of fused-ring (bicyclic) bond motifs is 3. The Hall–Kier alpha value is -2.95. The predicted octanol–water partition coefficient (Wildman–Crippen LogP) is 3.28. The Balaban J connectivity index is 1.79. The first-order valence-electron chi connectivity index (χ1n) is 6.83. The van der Waals surface area contributed by atoms with Gasteiger partial charge in [0.05, 0.1) is 16.9 Å². The third-order valence-electron chi connectivity index (χ3n) is 3.85. The van der Waals surface area contributed by atoms with E-state index in [1.54, 1.807) is 35.0 Å². The molecule has 5 heteroatoms. The molecule has 0 radical (unpaired) electrons. The Morgan fingerprint density at radius 2 is 2.05 bits per heavy atom. The van der Waals surface area contributed by atoms with Crippen molar-refractivity contribution in [2.24, 2.45) is 0 Å². The van der Waals surface area contributed by atoms with Crippen molar-refractivity contribution >= 4 is 5.97 Å². The molecule has 4 rings (SSSR count). The highest BCUT2D eigenvalue weighted by atomic mass is 19.1. The lowest BCUT2D eigenvalue weighted by Gasteiger charge is -2.04. The van der Waals surface area contributed by atoms with Gasteiger partial charge in [-0.3, -0.25) is 0 Å². The normalized spacial score (nSPS) is 12.0. The van der Waals surface area contributed by atoms with Crippen LogP contribution < -0.4 is 0 Å². The lowest BCUT2D eigenvalue weighted by molar-refractivity contribution is 0.0697. The molecule has 0 fully saturated rings. The zero-order chi connectivity index (χ0) is 15.3. The van der Waals surface area contributed by atoms with Crippen LogP contribution in [0.2, 0.25) is 0 Å². The number of hydrogen-bond acceptors (Lipinski definition) is 2. The van der Waals surface area contributed by atoms with Crippen LogP contribution >= 0.6 is 0 Å². The zero-order valence-electron chi connectivity index (χ0n) is 11.5. The second-order valence-electron chi connectivity index (χ2n) is 5.28.